The summed E-state index contributed by atoms with van der Waals surface area (Å²) in [6.07, 6.45) is 0. The molecule has 2 aromatic rings. The van der Waals surface area contributed by atoms with Gasteiger partial charge in [0.15, 0.2) is 13.2 Å². The van der Waals surface area contributed by atoms with E-state index in [1.165, 1.54) is 12.1 Å². The van der Waals surface area contributed by atoms with Gasteiger partial charge in [-0.1, -0.05) is 6.07 Å². The summed E-state index contributed by atoms with van der Waals surface area (Å²) in [6.45, 7) is 5.50. The lowest BCUT2D eigenvalue weighted by Gasteiger charge is -2.36. The molecule has 1 saturated heterocycles. The number of amides is 1. The first-order valence-corrected chi connectivity index (χ1v) is 9.96. The van der Waals surface area contributed by atoms with Gasteiger partial charge in [0.05, 0.1) is 4.92 Å². The summed E-state index contributed by atoms with van der Waals surface area (Å²) < 4.78 is 10.5. The second kappa shape index (κ2) is 9.92. The van der Waals surface area contributed by atoms with Crippen molar-refractivity contribution in [2.75, 3.05) is 44.3 Å². The molecule has 0 aromatic heterocycles. The molecule has 1 aliphatic rings. The molecule has 0 aliphatic carbocycles. The van der Waals surface area contributed by atoms with Gasteiger partial charge in [0.2, 0.25) is 0 Å². The van der Waals surface area contributed by atoms with E-state index in [0.717, 1.165) is 16.8 Å². The van der Waals surface area contributed by atoms with Crippen molar-refractivity contribution in [1.82, 2.24) is 4.90 Å². The fourth-order valence-electron chi connectivity index (χ4n) is 3.22. The third kappa shape index (κ3) is 5.94. The Bertz CT molecular complexity index is 952. The maximum Gasteiger partial charge on any atom is 0.344 e. The molecular weight excluding hydrogens is 402 g/mol. The van der Waals surface area contributed by atoms with Crippen LogP contribution in [0.4, 0.5) is 11.4 Å². The van der Waals surface area contributed by atoms with E-state index in [9.17, 15) is 19.7 Å². The highest BCUT2D eigenvalue weighted by atomic mass is 16.6. The van der Waals surface area contributed by atoms with Gasteiger partial charge in [0, 0.05) is 44.0 Å². The zero-order chi connectivity index (χ0) is 22.4. The summed E-state index contributed by atoms with van der Waals surface area (Å²) in [4.78, 5) is 38.2. The summed E-state index contributed by atoms with van der Waals surface area (Å²) in [5, 5.41) is 10.8. The molecule has 2 aromatic carbocycles. The third-order valence-electron chi connectivity index (χ3n) is 5.25. The molecule has 31 heavy (non-hydrogen) atoms. The molecule has 9 heteroatoms. The van der Waals surface area contributed by atoms with Crippen LogP contribution in [-0.4, -0.2) is 61.1 Å². The maximum atomic E-state index is 12.3. The zero-order valence-electron chi connectivity index (χ0n) is 17.6. The van der Waals surface area contributed by atoms with Gasteiger partial charge in [0.25, 0.3) is 11.6 Å². The van der Waals surface area contributed by atoms with E-state index in [1.54, 1.807) is 23.1 Å². The molecule has 0 saturated carbocycles. The van der Waals surface area contributed by atoms with E-state index >= 15 is 0 Å². The first-order chi connectivity index (χ1) is 14.8. The van der Waals surface area contributed by atoms with Gasteiger partial charge in [-0.3, -0.25) is 14.9 Å². The number of carbonyl (C=O) groups excluding carboxylic acids is 2. The lowest BCUT2D eigenvalue weighted by Crippen LogP contribution is -2.50. The monoisotopic (exact) mass is 427 g/mol. The number of esters is 1. The van der Waals surface area contributed by atoms with Crippen molar-refractivity contribution in [1.29, 1.82) is 0 Å². The first-order valence-electron chi connectivity index (χ1n) is 9.96. The van der Waals surface area contributed by atoms with Crippen molar-refractivity contribution in [3.05, 3.63) is 63.7 Å². The highest BCUT2D eigenvalue weighted by Crippen LogP contribution is 2.21. The number of aryl methyl sites for hydroxylation is 2. The van der Waals surface area contributed by atoms with E-state index in [4.69, 9.17) is 9.47 Å². The molecule has 0 atom stereocenters. The Balaban J connectivity index is 1.39. The topological polar surface area (TPSA) is 102 Å². The average molecular weight is 427 g/mol. The highest BCUT2D eigenvalue weighted by molar-refractivity contribution is 5.81. The van der Waals surface area contributed by atoms with Crippen molar-refractivity contribution in [2.45, 2.75) is 13.8 Å². The van der Waals surface area contributed by atoms with Crippen LogP contribution in [0.2, 0.25) is 0 Å². The molecule has 0 bridgehead atoms. The van der Waals surface area contributed by atoms with Gasteiger partial charge in [-0.15, -0.1) is 0 Å². The van der Waals surface area contributed by atoms with Gasteiger partial charge in [-0.25, -0.2) is 4.79 Å². The maximum absolute atomic E-state index is 12.3. The molecule has 0 N–H and O–H groups in total. The van der Waals surface area contributed by atoms with Crippen LogP contribution in [0.1, 0.15) is 11.1 Å². The summed E-state index contributed by atoms with van der Waals surface area (Å²) in [7, 11) is 0. The summed E-state index contributed by atoms with van der Waals surface area (Å²) in [5.41, 5.74) is 3.11. The van der Waals surface area contributed by atoms with Gasteiger partial charge in [0.1, 0.15) is 5.75 Å². The molecule has 0 radical (unpaired) electrons. The van der Waals surface area contributed by atoms with Crippen LogP contribution in [0.3, 0.4) is 0 Å². The van der Waals surface area contributed by atoms with Crippen LogP contribution in [0.5, 0.6) is 5.75 Å². The summed E-state index contributed by atoms with van der Waals surface area (Å²) >= 11 is 0. The molecule has 1 heterocycles. The van der Waals surface area contributed by atoms with Crippen molar-refractivity contribution in [3.63, 3.8) is 0 Å². The van der Waals surface area contributed by atoms with Crippen LogP contribution in [-0.2, 0) is 14.3 Å². The molecular formula is C22H25N3O6. The minimum atomic E-state index is -0.601. The first kappa shape index (κ1) is 22.1. The number of rotatable bonds is 7. The SMILES string of the molecule is Cc1ccc(OCC(=O)OCC(=O)N2CCN(c3ccc([N+](=O)[O-])cc3)CC2)cc1C. The Kier molecular flexibility index (Phi) is 7.07. The number of benzene rings is 2. The van der Waals surface area contributed by atoms with Crippen LogP contribution in [0.15, 0.2) is 42.5 Å². The zero-order valence-corrected chi connectivity index (χ0v) is 17.6. The number of nitro groups is 1. The third-order valence-corrected chi connectivity index (χ3v) is 5.25. The summed E-state index contributed by atoms with van der Waals surface area (Å²) in [6, 6.07) is 11.9. The minimum absolute atomic E-state index is 0.0425. The standard InChI is InChI=1S/C22H25N3O6/c1-16-3-8-20(13-17(16)2)30-15-22(27)31-14-21(26)24-11-9-23(10-12-24)18-4-6-19(7-5-18)25(28)29/h3-8,13H,9-12,14-15H2,1-2H3. The number of non-ortho nitro benzene ring substituents is 1. The van der Waals surface area contributed by atoms with Crippen molar-refractivity contribution in [2.24, 2.45) is 0 Å². The van der Waals surface area contributed by atoms with E-state index < -0.39 is 10.9 Å². The fraction of sp³-hybridized carbons (Fsp3) is 0.364. The van der Waals surface area contributed by atoms with E-state index in [1.807, 2.05) is 26.0 Å². The number of carbonyl (C=O) groups is 2. The van der Waals surface area contributed by atoms with Crippen molar-refractivity contribution < 1.29 is 24.0 Å². The number of nitro benzene ring substituents is 1. The van der Waals surface area contributed by atoms with Gasteiger partial charge in [-0.2, -0.15) is 0 Å². The molecule has 3 rings (SSSR count). The van der Waals surface area contributed by atoms with Crippen LogP contribution < -0.4 is 9.64 Å². The second-order valence-electron chi connectivity index (χ2n) is 7.34. The number of hydrogen-bond donors (Lipinski definition) is 0. The Morgan fingerprint density at radius 3 is 2.26 bits per heavy atom. The van der Waals surface area contributed by atoms with Gasteiger partial charge < -0.3 is 19.3 Å². The summed E-state index contributed by atoms with van der Waals surface area (Å²) in [5.74, 6) is -0.285. The normalized spacial score (nSPS) is 13.6. The number of piperazine rings is 1. The smallest absolute Gasteiger partial charge is 0.344 e. The minimum Gasteiger partial charge on any atom is -0.482 e. The van der Waals surface area contributed by atoms with E-state index in [2.05, 4.69) is 4.90 Å². The number of hydrogen-bond acceptors (Lipinski definition) is 7. The molecule has 1 amide bonds. The molecule has 0 spiro atoms. The van der Waals surface area contributed by atoms with Gasteiger partial charge in [-0.05, 0) is 49.2 Å². The molecule has 164 valence electrons. The lowest BCUT2D eigenvalue weighted by atomic mass is 10.1. The molecule has 1 fully saturated rings. The van der Waals surface area contributed by atoms with Crippen LogP contribution in [0, 0.1) is 24.0 Å². The second-order valence-corrected chi connectivity index (χ2v) is 7.34. The van der Waals surface area contributed by atoms with Crippen molar-refractivity contribution >= 4 is 23.3 Å². The van der Waals surface area contributed by atoms with Crippen LogP contribution >= 0.6 is 0 Å². The predicted octanol–water partition coefficient (Wildman–Crippen LogP) is 2.48. The van der Waals surface area contributed by atoms with Crippen molar-refractivity contribution in [3.8, 4) is 5.75 Å². The quantitative estimate of drug-likeness (QED) is 0.380. The van der Waals surface area contributed by atoms with Gasteiger partial charge >= 0.3 is 5.97 Å². The predicted molar refractivity (Wildman–Crippen MR) is 114 cm³/mol. The average Bonchev–Trinajstić information content (AvgIpc) is 2.78. The number of ether oxygens (including phenoxy) is 2. The fourth-order valence-corrected chi connectivity index (χ4v) is 3.22. The molecule has 1 aliphatic heterocycles. The Hall–Kier alpha value is -3.62. The van der Waals surface area contributed by atoms with Crippen LogP contribution in [0.25, 0.3) is 0 Å². The Labute approximate surface area is 180 Å². The number of anilines is 1. The number of nitrogens with zero attached hydrogens (tertiary/aromatic N) is 3. The lowest BCUT2D eigenvalue weighted by molar-refractivity contribution is -0.384. The highest BCUT2D eigenvalue weighted by Gasteiger charge is 2.22. The van der Waals surface area contributed by atoms with E-state index in [-0.39, 0.29) is 24.8 Å². The Morgan fingerprint density at radius 1 is 0.968 bits per heavy atom. The molecule has 0 unspecified atom stereocenters. The van der Waals surface area contributed by atoms with E-state index in [0.29, 0.717) is 31.9 Å². The largest absolute Gasteiger partial charge is 0.482 e. The molecule has 9 nitrogen and oxygen atoms in total. The Morgan fingerprint density at radius 2 is 1.65 bits per heavy atom.